The van der Waals surface area contributed by atoms with E-state index < -0.39 is 10.2 Å². The van der Waals surface area contributed by atoms with Crippen molar-refractivity contribution in [1.82, 2.24) is 9.03 Å². The zero-order valence-corrected chi connectivity index (χ0v) is 9.76. The quantitative estimate of drug-likeness (QED) is 0.753. The highest BCUT2D eigenvalue weighted by Gasteiger charge is 2.24. The molecular formula is C9H17N3O2S. The third kappa shape index (κ3) is 3.78. The van der Waals surface area contributed by atoms with Gasteiger partial charge in [0.15, 0.2) is 0 Å². The van der Waals surface area contributed by atoms with Gasteiger partial charge in [-0.3, -0.25) is 0 Å². The predicted molar refractivity (Wildman–Crippen MR) is 57.2 cm³/mol. The van der Waals surface area contributed by atoms with Gasteiger partial charge in [-0.2, -0.15) is 22.7 Å². The molecule has 1 aliphatic rings. The Balaban J connectivity index is 2.46. The first-order chi connectivity index (χ1) is 7.06. The van der Waals surface area contributed by atoms with Crippen LogP contribution in [0.5, 0.6) is 0 Å². The first-order valence-corrected chi connectivity index (χ1v) is 6.61. The van der Waals surface area contributed by atoms with Crippen LogP contribution in [0.2, 0.25) is 0 Å². The Labute approximate surface area is 91.3 Å². The largest absolute Gasteiger partial charge is 0.279 e. The van der Waals surface area contributed by atoms with Crippen molar-refractivity contribution < 1.29 is 8.42 Å². The van der Waals surface area contributed by atoms with Gasteiger partial charge in [-0.25, -0.2) is 0 Å². The molecule has 0 amide bonds. The average Bonchev–Trinajstić information content (AvgIpc) is 2.65. The molecule has 1 aliphatic carbocycles. The highest BCUT2D eigenvalue weighted by Crippen LogP contribution is 2.18. The van der Waals surface area contributed by atoms with Crippen LogP contribution in [0, 0.1) is 11.3 Å². The van der Waals surface area contributed by atoms with Crippen molar-refractivity contribution in [2.45, 2.75) is 38.1 Å². The minimum atomic E-state index is -3.38. The molecule has 0 aromatic rings. The summed E-state index contributed by atoms with van der Waals surface area (Å²) in [6, 6.07) is 2.01. The van der Waals surface area contributed by atoms with Crippen molar-refractivity contribution in [2.75, 3.05) is 13.6 Å². The van der Waals surface area contributed by atoms with E-state index in [9.17, 15) is 8.42 Å². The Morgan fingerprint density at radius 1 is 1.47 bits per heavy atom. The van der Waals surface area contributed by atoms with Gasteiger partial charge in [0.2, 0.25) is 0 Å². The number of nitrogens with zero attached hydrogens (tertiary/aromatic N) is 2. The maximum Gasteiger partial charge on any atom is 0.279 e. The van der Waals surface area contributed by atoms with Gasteiger partial charge in [0.05, 0.1) is 6.07 Å². The summed E-state index contributed by atoms with van der Waals surface area (Å²) in [5, 5.41) is 8.37. The van der Waals surface area contributed by atoms with Crippen molar-refractivity contribution in [1.29, 1.82) is 5.26 Å². The van der Waals surface area contributed by atoms with Crippen LogP contribution in [0.25, 0.3) is 0 Å². The van der Waals surface area contributed by atoms with E-state index in [2.05, 4.69) is 4.72 Å². The molecule has 1 fully saturated rings. The van der Waals surface area contributed by atoms with Crippen LogP contribution in [-0.4, -0.2) is 32.4 Å². The lowest BCUT2D eigenvalue weighted by atomic mass is 10.3. The second kappa shape index (κ2) is 5.45. The van der Waals surface area contributed by atoms with Crippen molar-refractivity contribution in [3.05, 3.63) is 0 Å². The molecule has 86 valence electrons. The van der Waals surface area contributed by atoms with Crippen molar-refractivity contribution in [3.8, 4) is 6.07 Å². The van der Waals surface area contributed by atoms with Crippen LogP contribution in [0.15, 0.2) is 0 Å². The molecule has 1 rings (SSSR count). The first-order valence-electron chi connectivity index (χ1n) is 5.17. The molecule has 1 N–H and O–H groups in total. The number of nitriles is 1. The predicted octanol–water partition coefficient (Wildman–Crippen LogP) is 0.609. The smallest absolute Gasteiger partial charge is 0.199 e. The number of nitrogens with one attached hydrogen (secondary N) is 1. The molecule has 6 heteroatoms. The van der Waals surface area contributed by atoms with Crippen LogP contribution < -0.4 is 4.72 Å². The van der Waals surface area contributed by atoms with E-state index in [4.69, 9.17) is 5.26 Å². The highest BCUT2D eigenvalue weighted by atomic mass is 32.2. The first kappa shape index (κ1) is 12.4. The molecular weight excluding hydrogens is 214 g/mol. The average molecular weight is 231 g/mol. The fourth-order valence-corrected chi connectivity index (χ4v) is 2.84. The summed E-state index contributed by atoms with van der Waals surface area (Å²) in [6.45, 7) is 0.249. The standard InChI is InChI=1S/C9H17N3O2S/c1-12(8-4-7-10)15(13,14)11-9-5-2-3-6-9/h9,11H,2-6,8H2,1H3. The SMILES string of the molecule is CN(CCC#N)S(=O)(=O)NC1CCCC1. The molecule has 0 aliphatic heterocycles. The maximum atomic E-state index is 11.7. The molecule has 0 saturated heterocycles. The lowest BCUT2D eigenvalue weighted by Gasteiger charge is -2.19. The Bertz CT molecular complexity index is 328. The van der Waals surface area contributed by atoms with Gasteiger partial charge in [0.25, 0.3) is 10.2 Å². The monoisotopic (exact) mass is 231 g/mol. The van der Waals surface area contributed by atoms with Gasteiger partial charge in [-0.15, -0.1) is 0 Å². The molecule has 0 atom stereocenters. The Morgan fingerprint density at radius 2 is 2.07 bits per heavy atom. The summed E-state index contributed by atoms with van der Waals surface area (Å²) in [4.78, 5) is 0. The molecule has 0 radical (unpaired) electrons. The lowest BCUT2D eigenvalue weighted by molar-refractivity contribution is 0.451. The van der Waals surface area contributed by atoms with Gasteiger partial charge in [-0.1, -0.05) is 12.8 Å². The van der Waals surface area contributed by atoms with Gasteiger partial charge in [0.1, 0.15) is 0 Å². The van der Waals surface area contributed by atoms with E-state index in [1.165, 1.54) is 11.4 Å². The topological polar surface area (TPSA) is 73.2 Å². The summed E-state index contributed by atoms with van der Waals surface area (Å²) in [5.41, 5.74) is 0. The molecule has 0 spiro atoms. The van der Waals surface area contributed by atoms with Gasteiger partial charge < -0.3 is 0 Å². The highest BCUT2D eigenvalue weighted by molar-refractivity contribution is 7.87. The number of hydrogen-bond donors (Lipinski definition) is 1. The molecule has 0 heterocycles. The minimum absolute atomic E-state index is 0.0829. The van der Waals surface area contributed by atoms with Gasteiger partial charge in [-0.05, 0) is 12.8 Å². The minimum Gasteiger partial charge on any atom is -0.199 e. The maximum absolute atomic E-state index is 11.7. The summed E-state index contributed by atoms with van der Waals surface area (Å²) in [5.74, 6) is 0. The molecule has 15 heavy (non-hydrogen) atoms. The zero-order valence-electron chi connectivity index (χ0n) is 8.94. The third-order valence-corrected chi connectivity index (χ3v) is 4.25. The van der Waals surface area contributed by atoms with Crippen molar-refractivity contribution >= 4 is 10.2 Å². The number of hydrogen-bond acceptors (Lipinski definition) is 3. The molecule has 0 bridgehead atoms. The summed E-state index contributed by atoms with van der Waals surface area (Å²) < 4.78 is 27.3. The zero-order chi connectivity index (χ0) is 11.3. The fourth-order valence-electron chi connectivity index (χ4n) is 1.67. The van der Waals surface area contributed by atoms with E-state index in [0.717, 1.165) is 25.7 Å². The molecule has 5 nitrogen and oxygen atoms in total. The van der Waals surface area contributed by atoms with E-state index in [1.54, 1.807) is 0 Å². The summed E-state index contributed by atoms with van der Waals surface area (Å²) >= 11 is 0. The van der Waals surface area contributed by atoms with Crippen LogP contribution >= 0.6 is 0 Å². The second-order valence-corrected chi connectivity index (χ2v) is 5.64. The third-order valence-electron chi connectivity index (χ3n) is 2.62. The van der Waals surface area contributed by atoms with Gasteiger partial charge >= 0.3 is 0 Å². The van der Waals surface area contributed by atoms with Crippen molar-refractivity contribution in [2.24, 2.45) is 0 Å². The van der Waals surface area contributed by atoms with E-state index in [0.29, 0.717) is 0 Å². The van der Waals surface area contributed by atoms with Crippen LogP contribution in [0.1, 0.15) is 32.1 Å². The fraction of sp³-hybridized carbons (Fsp3) is 0.889. The Hall–Kier alpha value is -0.640. The Kier molecular flexibility index (Phi) is 4.51. The van der Waals surface area contributed by atoms with E-state index in [1.807, 2.05) is 6.07 Å². The van der Waals surface area contributed by atoms with Crippen LogP contribution in [0.4, 0.5) is 0 Å². The molecule has 0 aromatic carbocycles. The summed E-state index contributed by atoms with van der Waals surface area (Å²) in [6.07, 6.45) is 4.25. The van der Waals surface area contributed by atoms with Gasteiger partial charge in [0, 0.05) is 26.1 Å². The molecule has 1 saturated carbocycles. The lowest BCUT2D eigenvalue weighted by Crippen LogP contribution is -2.42. The summed E-state index contributed by atoms with van der Waals surface area (Å²) in [7, 11) is -1.89. The van der Waals surface area contributed by atoms with Crippen LogP contribution in [0.3, 0.4) is 0 Å². The van der Waals surface area contributed by atoms with Crippen LogP contribution in [-0.2, 0) is 10.2 Å². The molecule has 0 unspecified atom stereocenters. The normalized spacial score (nSPS) is 18.2. The van der Waals surface area contributed by atoms with E-state index >= 15 is 0 Å². The number of rotatable bonds is 5. The van der Waals surface area contributed by atoms with E-state index in [-0.39, 0.29) is 19.0 Å². The molecule has 0 aromatic heterocycles. The Morgan fingerprint density at radius 3 is 2.60 bits per heavy atom. The second-order valence-electron chi connectivity index (χ2n) is 3.83. The van der Waals surface area contributed by atoms with Crippen molar-refractivity contribution in [3.63, 3.8) is 0 Å².